The molecule has 18 heavy (non-hydrogen) atoms. The van der Waals surface area contributed by atoms with E-state index >= 15 is 0 Å². The van der Waals surface area contributed by atoms with E-state index in [1.807, 2.05) is 39.0 Å². The maximum Gasteiger partial charge on any atom is 0.314 e. The van der Waals surface area contributed by atoms with Gasteiger partial charge < -0.3 is 10.1 Å². The molecule has 1 N–H and O–H groups in total. The van der Waals surface area contributed by atoms with Crippen LogP contribution in [0.3, 0.4) is 0 Å². The zero-order valence-electron chi connectivity index (χ0n) is 10.9. The molecule has 1 aliphatic rings. The molecule has 98 valence electrons. The van der Waals surface area contributed by atoms with Gasteiger partial charge in [0.15, 0.2) is 0 Å². The number of carbonyl (C=O) groups excluding carboxylic acids is 1. The molecule has 1 aromatic carbocycles. The van der Waals surface area contributed by atoms with Crippen LogP contribution in [0.1, 0.15) is 38.7 Å². The number of hydrogen-bond acceptors (Lipinski definition) is 3. The van der Waals surface area contributed by atoms with Crippen LogP contribution in [-0.2, 0) is 9.53 Å². The fraction of sp³-hybridized carbons (Fsp3) is 0.500. The van der Waals surface area contributed by atoms with E-state index in [1.54, 1.807) is 0 Å². The molecular weight excluding hydrogens is 294 g/mol. The molecule has 0 spiro atoms. The van der Waals surface area contributed by atoms with Gasteiger partial charge in [-0.2, -0.15) is 0 Å². The predicted octanol–water partition coefficient (Wildman–Crippen LogP) is 3.69. The topological polar surface area (TPSA) is 38.3 Å². The highest BCUT2D eigenvalue weighted by atomic mass is 79.9. The average Bonchev–Trinajstić information content (AvgIpc) is 2.25. The number of fused-ring (bicyclic) bond motifs is 1. The van der Waals surface area contributed by atoms with Crippen LogP contribution in [0.5, 0.6) is 0 Å². The fourth-order valence-corrected chi connectivity index (χ4v) is 2.49. The standard InChI is InChI=1S/C14H18BrNO2/c1-14(2,3)18-13(17)10-6-7-16-12-5-4-9(15)8-11(10)12/h4-5,8,10,16H,6-7H2,1-3H3/t10-/m0/s1. The van der Waals surface area contributed by atoms with Crippen molar-refractivity contribution in [1.82, 2.24) is 0 Å². The Morgan fingerprint density at radius 1 is 1.44 bits per heavy atom. The van der Waals surface area contributed by atoms with Gasteiger partial charge in [0.05, 0.1) is 5.92 Å². The molecular formula is C14H18BrNO2. The molecule has 3 nitrogen and oxygen atoms in total. The third kappa shape index (κ3) is 3.05. The van der Waals surface area contributed by atoms with Crippen LogP contribution in [0.4, 0.5) is 5.69 Å². The van der Waals surface area contributed by atoms with Crippen molar-refractivity contribution in [3.63, 3.8) is 0 Å². The minimum atomic E-state index is -0.436. The molecule has 1 atom stereocenters. The average molecular weight is 312 g/mol. The summed E-state index contributed by atoms with van der Waals surface area (Å²) in [6.07, 6.45) is 0.776. The summed E-state index contributed by atoms with van der Waals surface area (Å²) in [5.74, 6) is -0.304. The zero-order valence-corrected chi connectivity index (χ0v) is 12.5. The number of rotatable bonds is 1. The number of anilines is 1. The van der Waals surface area contributed by atoms with Crippen LogP contribution >= 0.6 is 15.9 Å². The molecule has 2 rings (SSSR count). The molecule has 1 aliphatic heterocycles. The summed E-state index contributed by atoms with van der Waals surface area (Å²) in [6.45, 7) is 6.49. The van der Waals surface area contributed by atoms with E-state index in [9.17, 15) is 4.79 Å². The van der Waals surface area contributed by atoms with Crippen molar-refractivity contribution >= 4 is 27.6 Å². The molecule has 0 fully saturated rings. The molecule has 0 amide bonds. The maximum atomic E-state index is 12.2. The minimum Gasteiger partial charge on any atom is -0.459 e. The highest BCUT2D eigenvalue weighted by molar-refractivity contribution is 9.10. The number of ether oxygens (including phenoxy) is 1. The summed E-state index contributed by atoms with van der Waals surface area (Å²) in [5.41, 5.74) is 1.61. The summed E-state index contributed by atoms with van der Waals surface area (Å²) in [5, 5.41) is 3.31. The van der Waals surface area contributed by atoms with Gasteiger partial charge in [-0.25, -0.2) is 0 Å². The summed E-state index contributed by atoms with van der Waals surface area (Å²) >= 11 is 3.45. The quantitative estimate of drug-likeness (QED) is 0.804. The zero-order chi connectivity index (χ0) is 13.3. The Labute approximate surface area is 116 Å². The van der Waals surface area contributed by atoms with E-state index in [2.05, 4.69) is 21.2 Å². The van der Waals surface area contributed by atoms with Crippen molar-refractivity contribution in [3.8, 4) is 0 Å². The second-order valence-electron chi connectivity index (χ2n) is 5.53. The lowest BCUT2D eigenvalue weighted by atomic mass is 9.91. The first-order valence-electron chi connectivity index (χ1n) is 6.13. The van der Waals surface area contributed by atoms with Gasteiger partial charge in [0.1, 0.15) is 5.60 Å². The molecule has 0 aromatic heterocycles. The summed E-state index contributed by atoms with van der Waals surface area (Å²) in [4.78, 5) is 12.2. The predicted molar refractivity (Wildman–Crippen MR) is 75.8 cm³/mol. The van der Waals surface area contributed by atoms with Crippen molar-refractivity contribution < 1.29 is 9.53 Å². The van der Waals surface area contributed by atoms with E-state index in [-0.39, 0.29) is 11.9 Å². The van der Waals surface area contributed by atoms with Crippen molar-refractivity contribution in [2.75, 3.05) is 11.9 Å². The van der Waals surface area contributed by atoms with Crippen molar-refractivity contribution in [3.05, 3.63) is 28.2 Å². The highest BCUT2D eigenvalue weighted by Gasteiger charge is 2.30. The van der Waals surface area contributed by atoms with Crippen molar-refractivity contribution in [2.45, 2.75) is 38.7 Å². The van der Waals surface area contributed by atoms with Gasteiger partial charge in [-0.1, -0.05) is 15.9 Å². The fourth-order valence-electron chi connectivity index (χ4n) is 2.11. The monoisotopic (exact) mass is 311 g/mol. The van der Waals surface area contributed by atoms with Gasteiger partial charge in [-0.3, -0.25) is 4.79 Å². The first-order chi connectivity index (χ1) is 8.37. The number of halogens is 1. The summed E-state index contributed by atoms with van der Waals surface area (Å²) in [6, 6.07) is 5.97. The van der Waals surface area contributed by atoms with Crippen LogP contribution in [-0.4, -0.2) is 18.1 Å². The van der Waals surface area contributed by atoms with Crippen molar-refractivity contribution in [1.29, 1.82) is 0 Å². The maximum absolute atomic E-state index is 12.2. The molecule has 0 aliphatic carbocycles. The van der Waals surface area contributed by atoms with E-state index in [1.165, 1.54) is 0 Å². The second-order valence-corrected chi connectivity index (χ2v) is 6.45. The van der Waals surface area contributed by atoms with Gasteiger partial charge in [-0.15, -0.1) is 0 Å². The minimum absolute atomic E-state index is 0.136. The Morgan fingerprint density at radius 3 is 2.83 bits per heavy atom. The Hall–Kier alpha value is -1.03. The van der Waals surface area contributed by atoms with Crippen LogP contribution in [0, 0.1) is 0 Å². The lowest BCUT2D eigenvalue weighted by molar-refractivity contribution is -0.156. The van der Waals surface area contributed by atoms with Gasteiger partial charge in [0, 0.05) is 16.7 Å². The van der Waals surface area contributed by atoms with Gasteiger partial charge in [-0.05, 0) is 51.0 Å². The summed E-state index contributed by atoms with van der Waals surface area (Å²) in [7, 11) is 0. The van der Waals surface area contributed by atoms with Crippen molar-refractivity contribution in [2.24, 2.45) is 0 Å². The Kier molecular flexibility index (Phi) is 3.66. The number of nitrogens with one attached hydrogen (secondary N) is 1. The number of benzene rings is 1. The van der Waals surface area contributed by atoms with E-state index < -0.39 is 5.60 Å². The Morgan fingerprint density at radius 2 is 2.17 bits per heavy atom. The normalized spacial score (nSPS) is 18.8. The molecule has 0 bridgehead atoms. The third-order valence-electron chi connectivity index (χ3n) is 2.83. The molecule has 1 aromatic rings. The molecule has 4 heteroatoms. The van der Waals surface area contributed by atoms with Gasteiger partial charge in [0.2, 0.25) is 0 Å². The van der Waals surface area contributed by atoms with Crippen LogP contribution in [0.2, 0.25) is 0 Å². The molecule has 0 unspecified atom stereocenters. The van der Waals surface area contributed by atoms with Crippen LogP contribution in [0.15, 0.2) is 22.7 Å². The lowest BCUT2D eigenvalue weighted by Gasteiger charge is -2.28. The van der Waals surface area contributed by atoms with E-state index in [4.69, 9.17) is 4.74 Å². The van der Waals surface area contributed by atoms with Crippen LogP contribution in [0.25, 0.3) is 0 Å². The van der Waals surface area contributed by atoms with Gasteiger partial charge >= 0.3 is 5.97 Å². The van der Waals surface area contributed by atoms with E-state index in [0.717, 1.165) is 28.7 Å². The summed E-state index contributed by atoms with van der Waals surface area (Å²) < 4.78 is 6.48. The highest BCUT2D eigenvalue weighted by Crippen LogP contribution is 2.35. The first-order valence-corrected chi connectivity index (χ1v) is 6.92. The first kappa shape index (κ1) is 13.4. The number of carbonyl (C=O) groups is 1. The van der Waals surface area contributed by atoms with Crippen LogP contribution < -0.4 is 5.32 Å². The Balaban J connectivity index is 2.27. The van der Waals surface area contributed by atoms with E-state index in [0.29, 0.717) is 0 Å². The SMILES string of the molecule is CC(C)(C)OC(=O)[C@H]1CCNc2ccc(Br)cc21. The molecule has 1 heterocycles. The van der Waals surface area contributed by atoms with Gasteiger partial charge in [0.25, 0.3) is 0 Å². The lowest BCUT2D eigenvalue weighted by Crippen LogP contribution is -2.31. The number of esters is 1. The molecule has 0 saturated carbocycles. The third-order valence-corrected chi connectivity index (χ3v) is 3.32. The largest absolute Gasteiger partial charge is 0.459 e. The molecule has 0 saturated heterocycles. The smallest absolute Gasteiger partial charge is 0.314 e. The molecule has 0 radical (unpaired) electrons. The Bertz CT molecular complexity index is 465. The number of hydrogen-bond donors (Lipinski definition) is 1. The second kappa shape index (κ2) is 4.92.